The van der Waals surface area contributed by atoms with Gasteiger partial charge in [0.25, 0.3) is 0 Å². The van der Waals surface area contributed by atoms with Crippen LogP contribution in [0.15, 0.2) is 18.2 Å². The third-order valence-corrected chi connectivity index (χ3v) is 5.98. The van der Waals surface area contributed by atoms with E-state index in [1.165, 1.54) is 4.90 Å². The number of hydrogen-bond acceptors (Lipinski definition) is 7. The molecule has 1 aromatic rings. The smallest absolute Gasteiger partial charge is 0.411 e. The lowest BCUT2D eigenvalue weighted by molar-refractivity contribution is -0.137. The zero-order valence-electron chi connectivity index (χ0n) is 21.2. The van der Waals surface area contributed by atoms with Crippen molar-refractivity contribution in [3.63, 3.8) is 0 Å². The Balaban J connectivity index is 1.72. The predicted octanol–water partition coefficient (Wildman–Crippen LogP) is 3.29. The highest BCUT2D eigenvalue weighted by molar-refractivity contribution is 5.87. The predicted molar refractivity (Wildman–Crippen MR) is 129 cm³/mol. The number of benzene rings is 1. The molecule has 2 aliphatic heterocycles. The van der Waals surface area contributed by atoms with E-state index < -0.39 is 23.8 Å². The number of rotatable bonds is 9. The Morgan fingerprint density at radius 1 is 1.09 bits per heavy atom. The van der Waals surface area contributed by atoms with Crippen molar-refractivity contribution in [3.8, 4) is 11.8 Å². The Morgan fingerprint density at radius 2 is 1.83 bits per heavy atom. The van der Waals surface area contributed by atoms with Gasteiger partial charge >= 0.3 is 6.09 Å². The van der Waals surface area contributed by atoms with Crippen LogP contribution in [0.1, 0.15) is 51.7 Å². The molecule has 1 aromatic carbocycles. The zero-order valence-corrected chi connectivity index (χ0v) is 21.2. The SMILES string of the molecule is CCOCCOCCOc1ccc2c(c1)CN(C(=O)OC(C)(C)C)[C@H](C(=O)N1CCC[C@H]1C#N)C2. The van der Waals surface area contributed by atoms with Crippen molar-refractivity contribution < 1.29 is 28.5 Å². The van der Waals surface area contributed by atoms with E-state index in [4.69, 9.17) is 18.9 Å². The molecule has 0 aliphatic carbocycles. The lowest BCUT2D eigenvalue weighted by Crippen LogP contribution is -2.55. The summed E-state index contributed by atoms with van der Waals surface area (Å²) in [6.07, 6.45) is 1.27. The van der Waals surface area contributed by atoms with Crippen LogP contribution in [-0.2, 0) is 32.0 Å². The summed E-state index contributed by atoms with van der Waals surface area (Å²) in [6, 6.07) is 6.78. The Hall–Kier alpha value is -2.83. The fourth-order valence-corrected chi connectivity index (χ4v) is 4.32. The molecular formula is C26H37N3O6. The van der Waals surface area contributed by atoms with Crippen molar-refractivity contribution in [2.45, 2.75) is 71.2 Å². The maximum absolute atomic E-state index is 13.5. The minimum Gasteiger partial charge on any atom is -0.491 e. The maximum atomic E-state index is 13.5. The molecule has 35 heavy (non-hydrogen) atoms. The molecule has 1 saturated heterocycles. The number of amides is 2. The van der Waals surface area contributed by atoms with Crippen LogP contribution in [-0.4, -0.2) is 79.1 Å². The molecule has 3 rings (SSSR count). The van der Waals surface area contributed by atoms with E-state index in [0.717, 1.165) is 17.5 Å². The second-order valence-electron chi connectivity index (χ2n) is 9.74. The van der Waals surface area contributed by atoms with Crippen LogP contribution in [0.2, 0.25) is 0 Å². The molecule has 192 valence electrons. The van der Waals surface area contributed by atoms with E-state index in [1.807, 2.05) is 25.1 Å². The standard InChI is InChI=1S/C26H37N3O6/c1-5-32-11-12-33-13-14-34-22-9-8-19-16-23(24(30)28-10-6-7-21(28)17-27)29(18-20(19)15-22)25(31)35-26(2,3)4/h8-9,15,21,23H,5-7,10-14,16,18H2,1-4H3/t21-,23-/m0/s1. The number of carbonyl (C=O) groups is 2. The Morgan fingerprint density at radius 3 is 2.54 bits per heavy atom. The number of likely N-dealkylation sites (tertiary alicyclic amines) is 1. The molecule has 9 nitrogen and oxygen atoms in total. The van der Waals surface area contributed by atoms with Gasteiger partial charge in [0.1, 0.15) is 30.0 Å². The second kappa shape index (κ2) is 12.2. The van der Waals surface area contributed by atoms with Crippen LogP contribution in [0.4, 0.5) is 4.79 Å². The van der Waals surface area contributed by atoms with Crippen LogP contribution < -0.4 is 4.74 Å². The van der Waals surface area contributed by atoms with Gasteiger partial charge in [0.2, 0.25) is 5.91 Å². The van der Waals surface area contributed by atoms with Crippen molar-refractivity contribution in [3.05, 3.63) is 29.3 Å². The third kappa shape index (κ3) is 7.33. The average molecular weight is 488 g/mol. The Labute approximate surface area is 207 Å². The topological polar surface area (TPSA) is 101 Å². The lowest BCUT2D eigenvalue weighted by atomic mass is 9.93. The van der Waals surface area contributed by atoms with Gasteiger partial charge in [-0.05, 0) is 63.8 Å². The van der Waals surface area contributed by atoms with Crippen LogP contribution in [0.25, 0.3) is 0 Å². The molecule has 2 atom stereocenters. The fourth-order valence-electron chi connectivity index (χ4n) is 4.32. The molecule has 1 fully saturated rings. The number of fused-ring (bicyclic) bond motifs is 1. The molecule has 2 amide bonds. The highest BCUT2D eigenvalue weighted by atomic mass is 16.6. The van der Waals surface area contributed by atoms with Crippen molar-refractivity contribution in [2.24, 2.45) is 0 Å². The molecular weight excluding hydrogens is 450 g/mol. The Bertz CT molecular complexity index is 923. The molecule has 0 N–H and O–H groups in total. The molecule has 9 heteroatoms. The second-order valence-corrected chi connectivity index (χ2v) is 9.74. The highest BCUT2D eigenvalue weighted by Crippen LogP contribution is 2.30. The summed E-state index contributed by atoms with van der Waals surface area (Å²) in [7, 11) is 0. The number of hydrogen-bond donors (Lipinski definition) is 0. The summed E-state index contributed by atoms with van der Waals surface area (Å²) >= 11 is 0. The minimum atomic E-state index is -0.711. The molecule has 2 aliphatic rings. The normalized spacial score (nSPS) is 19.7. The number of nitrogens with zero attached hydrogens (tertiary/aromatic N) is 3. The first-order valence-electron chi connectivity index (χ1n) is 12.3. The van der Waals surface area contributed by atoms with Gasteiger partial charge in [-0.1, -0.05) is 6.07 Å². The molecule has 0 radical (unpaired) electrons. The van der Waals surface area contributed by atoms with Gasteiger partial charge in [-0.15, -0.1) is 0 Å². The first kappa shape index (κ1) is 26.8. The van der Waals surface area contributed by atoms with Crippen LogP contribution in [0.5, 0.6) is 5.75 Å². The number of ether oxygens (including phenoxy) is 4. The summed E-state index contributed by atoms with van der Waals surface area (Å²) in [5.74, 6) is 0.477. The summed E-state index contributed by atoms with van der Waals surface area (Å²) in [4.78, 5) is 29.7. The molecule has 2 heterocycles. The van der Waals surface area contributed by atoms with Gasteiger partial charge < -0.3 is 23.8 Å². The summed E-state index contributed by atoms with van der Waals surface area (Å²) in [5.41, 5.74) is 1.20. The largest absolute Gasteiger partial charge is 0.491 e. The van der Waals surface area contributed by atoms with Gasteiger partial charge in [0, 0.05) is 19.6 Å². The van der Waals surface area contributed by atoms with Gasteiger partial charge in [0.15, 0.2) is 0 Å². The third-order valence-electron chi connectivity index (χ3n) is 5.98. The average Bonchev–Trinajstić information content (AvgIpc) is 3.30. The first-order chi connectivity index (χ1) is 16.7. The van der Waals surface area contributed by atoms with Crippen molar-refractivity contribution in [2.75, 3.05) is 39.6 Å². The van der Waals surface area contributed by atoms with Crippen LogP contribution >= 0.6 is 0 Å². The fraction of sp³-hybridized carbons (Fsp3) is 0.654. The highest BCUT2D eigenvalue weighted by Gasteiger charge is 2.41. The molecule has 0 spiro atoms. The monoisotopic (exact) mass is 487 g/mol. The lowest BCUT2D eigenvalue weighted by Gasteiger charge is -2.39. The quantitative estimate of drug-likeness (QED) is 0.493. The molecule has 0 saturated carbocycles. The Kier molecular flexibility index (Phi) is 9.35. The van der Waals surface area contributed by atoms with E-state index in [1.54, 1.807) is 25.7 Å². The van der Waals surface area contributed by atoms with Crippen molar-refractivity contribution in [1.29, 1.82) is 5.26 Å². The van der Waals surface area contributed by atoms with Gasteiger partial charge in [0.05, 0.1) is 32.4 Å². The summed E-state index contributed by atoms with van der Waals surface area (Å²) < 4.78 is 22.2. The van der Waals surface area contributed by atoms with Crippen LogP contribution in [0.3, 0.4) is 0 Å². The summed E-state index contributed by atoms with van der Waals surface area (Å²) in [6.45, 7) is 10.7. The van der Waals surface area contributed by atoms with Gasteiger partial charge in [-0.25, -0.2) is 4.79 Å². The maximum Gasteiger partial charge on any atom is 0.411 e. The molecule has 0 bridgehead atoms. The van der Waals surface area contributed by atoms with Gasteiger partial charge in [-0.2, -0.15) is 5.26 Å². The van der Waals surface area contributed by atoms with Crippen molar-refractivity contribution >= 4 is 12.0 Å². The van der Waals surface area contributed by atoms with E-state index in [0.29, 0.717) is 58.2 Å². The minimum absolute atomic E-state index is 0.199. The van der Waals surface area contributed by atoms with E-state index >= 15 is 0 Å². The van der Waals surface area contributed by atoms with Crippen LogP contribution in [0, 0.1) is 11.3 Å². The number of nitriles is 1. The van der Waals surface area contributed by atoms with Crippen molar-refractivity contribution in [1.82, 2.24) is 9.80 Å². The van der Waals surface area contributed by atoms with E-state index in [-0.39, 0.29) is 12.5 Å². The summed E-state index contributed by atoms with van der Waals surface area (Å²) in [5, 5.41) is 9.46. The van der Waals surface area contributed by atoms with E-state index in [2.05, 4.69) is 6.07 Å². The molecule has 0 unspecified atom stereocenters. The zero-order chi connectivity index (χ0) is 25.4. The molecule has 0 aromatic heterocycles. The first-order valence-corrected chi connectivity index (χ1v) is 12.3. The number of carbonyl (C=O) groups excluding carboxylic acids is 2. The van der Waals surface area contributed by atoms with E-state index in [9.17, 15) is 14.9 Å². The van der Waals surface area contributed by atoms with Gasteiger partial charge in [-0.3, -0.25) is 9.69 Å².